The lowest BCUT2D eigenvalue weighted by Crippen LogP contribution is -2.44. The van der Waals surface area contributed by atoms with Crippen LogP contribution in [0.25, 0.3) is 0 Å². The highest BCUT2D eigenvalue weighted by atomic mass is 16.7. The van der Waals surface area contributed by atoms with E-state index in [0.717, 1.165) is 5.56 Å². The van der Waals surface area contributed by atoms with Gasteiger partial charge in [0.2, 0.25) is 5.78 Å². The van der Waals surface area contributed by atoms with Gasteiger partial charge in [-0.15, -0.1) is 0 Å². The largest absolute Gasteiger partial charge is 0.497 e. The minimum absolute atomic E-state index is 0.220. The third-order valence-corrected chi connectivity index (χ3v) is 4.27. The molecule has 2 aromatic rings. The van der Waals surface area contributed by atoms with Crippen LogP contribution in [-0.4, -0.2) is 40.0 Å². The molecule has 0 fully saturated rings. The molecule has 0 aromatic heterocycles. The number of benzene rings is 2. The van der Waals surface area contributed by atoms with E-state index in [4.69, 9.17) is 23.7 Å². The fourth-order valence-electron chi connectivity index (χ4n) is 2.91. The van der Waals surface area contributed by atoms with Crippen LogP contribution in [0.2, 0.25) is 0 Å². The van der Waals surface area contributed by atoms with Gasteiger partial charge in [-0.05, 0) is 29.8 Å². The Bertz CT molecular complexity index is 800. The molecule has 6 nitrogen and oxygen atoms in total. The highest BCUT2D eigenvalue weighted by Gasteiger charge is 2.49. The number of carbonyl (C=O) groups is 1. The van der Waals surface area contributed by atoms with Crippen molar-refractivity contribution >= 4 is 5.78 Å². The van der Waals surface area contributed by atoms with Gasteiger partial charge in [-0.1, -0.05) is 6.07 Å². The van der Waals surface area contributed by atoms with Gasteiger partial charge in [0.05, 0.1) is 26.9 Å². The van der Waals surface area contributed by atoms with Gasteiger partial charge in [0.1, 0.15) is 11.5 Å². The third kappa shape index (κ3) is 2.89. The summed E-state index contributed by atoms with van der Waals surface area (Å²) in [5.74, 6) is 0.632. The summed E-state index contributed by atoms with van der Waals surface area (Å²) < 4.78 is 27.2. The number of hydrogen-bond donors (Lipinski definition) is 0. The van der Waals surface area contributed by atoms with Crippen LogP contribution in [0.4, 0.5) is 0 Å². The van der Waals surface area contributed by atoms with Gasteiger partial charge in [0.25, 0.3) is 5.79 Å². The zero-order valence-corrected chi connectivity index (χ0v) is 14.6. The molecule has 1 atom stereocenters. The average molecular weight is 344 g/mol. The van der Waals surface area contributed by atoms with E-state index < -0.39 is 5.79 Å². The van der Waals surface area contributed by atoms with Gasteiger partial charge in [-0.25, -0.2) is 0 Å². The summed E-state index contributed by atoms with van der Waals surface area (Å²) in [5, 5.41) is 0. The number of methoxy groups -OCH3 is 4. The molecular weight excluding hydrogens is 324 g/mol. The lowest BCUT2D eigenvalue weighted by molar-refractivity contribution is -0.117. The molecule has 0 radical (unpaired) electrons. The fourth-order valence-corrected chi connectivity index (χ4v) is 2.91. The maximum Gasteiger partial charge on any atom is 0.279 e. The Kier molecular flexibility index (Phi) is 4.55. The quantitative estimate of drug-likeness (QED) is 0.803. The average Bonchev–Trinajstić information content (AvgIpc) is 2.93. The predicted molar refractivity (Wildman–Crippen MR) is 90.9 cm³/mol. The molecule has 0 aliphatic carbocycles. The molecule has 0 saturated heterocycles. The zero-order chi connectivity index (χ0) is 18.0. The van der Waals surface area contributed by atoms with E-state index in [1.807, 2.05) is 6.07 Å². The van der Waals surface area contributed by atoms with E-state index in [2.05, 4.69) is 0 Å². The first-order chi connectivity index (χ1) is 12.1. The van der Waals surface area contributed by atoms with Crippen molar-refractivity contribution in [3.05, 3.63) is 47.5 Å². The molecule has 1 unspecified atom stereocenters. The second kappa shape index (κ2) is 6.64. The SMILES string of the molecule is COc1ccc2c(c1)OC(Cc1ccc(OC)c(OC)c1)(OC)C2=O. The van der Waals surface area contributed by atoms with E-state index in [-0.39, 0.29) is 12.2 Å². The predicted octanol–water partition coefficient (Wildman–Crippen LogP) is 2.87. The first kappa shape index (κ1) is 17.1. The summed E-state index contributed by atoms with van der Waals surface area (Å²) in [6.07, 6.45) is 0.236. The van der Waals surface area contributed by atoms with Crippen molar-refractivity contribution in [1.82, 2.24) is 0 Å². The maximum absolute atomic E-state index is 12.9. The number of carbonyl (C=O) groups excluding carboxylic acids is 1. The van der Waals surface area contributed by atoms with E-state index in [1.165, 1.54) is 7.11 Å². The normalized spacial score (nSPS) is 18.5. The van der Waals surface area contributed by atoms with E-state index in [9.17, 15) is 4.79 Å². The fraction of sp³-hybridized carbons (Fsp3) is 0.316. The second-order valence-electron chi connectivity index (χ2n) is 5.62. The molecule has 0 spiro atoms. The molecule has 3 rings (SSSR count). The number of Topliss-reactive ketones (excluding diaryl/α,β-unsaturated/α-hetero) is 1. The van der Waals surface area contributed by atoms with Crippen molar-refractivity contribution in [3.8, 4) is 23.0 Å². The second-order valence-corrected chi connectivity index (χ2v) is 5.62. The van der Waals surface area contributed by atoms with Crippen LogP contribution in [-0.2, 0) is 11.2 Å². The summed E-state index contributed by atoms with van der Waals surface area (Å²) in [6, 6.07) is 10.5. The first-order valence-corrected chi connectivity index (χ1v) is 7.75. The summed E-state index contributed by atoms with van der Waals surface area (Å²) in [4.78, 5) is 12.9. The molecule has 0 amide bonds. The Morgan fingerprint density at radius 1 is 0.920 bits per heavy atom. The van der Waals surface area contributed by atoms with E-state index >= 15 is 0 Å². The Balaban J connectivity index is 1.94. The molecule has 0 N–H and O–H groups in total. The van der Waals surface area contributed by atoms with Gasteiger partial charge in [-0.2, -0.15) is 0 Å². The highest BCUT2D eigenvalue weighted by molar-refractivity contribution is 6.06. The monoisotopic (exact) mass is 344 g/mol. The summed E-state index contributed by atoms with van der Waals surface area (Å²) in [6.45, 7) is 0. The number of fused-ring (bicyclic) bond motifs is 1. The molecule has 6 heteroatoms. The lowest BCUT2D eigenvalue weighted by atomic mass is 9.98. The van der Waals surface area contributed by atoms with Crippen LogP contribution in [0.5, 0.6) is 23.0 Å². The van der Waals surface area contributed by atoms with Crippen LogP contribution in [0.1, 0.15) is 15.9 Å². The van der Waals surface area contributed by atoms with Crippen molar-refractivity contribution in [1.29, 1.82) is 0 Å². The smallest absolute Gasteiger partial charge is 0.279 e. The van der Waals surface area contributed by atoms with Gasteiger partial charge in [0.15, 0.2) is 11.5 Å². The molecule has 2 aromatic carbocycles. The maximum atomic E-state index is 12.9. The molecule has 0 saturated carbocycles. The summed E-state index contributed by atoms with van der Waals surface area (Å²) >= 11 is 0. The van der Waals surface area contributed by atoms with Crippen molar-refractivity contribution in [2.75, 3.05) is 28.4 Å². The number of ether oxygens (including phenoxy) is 5. The third-order valence-electron chi connectivity index (χ3n) is 4.27. The van der Waals surface area contributed by atoms with Gasteiger partial charge in [-0.3, -0.25) is 4.79 Å². The van der Waals surface area contributed by atoms with Crippen molar-refractivity contribution < 1.29 is 28.5 Å². The Morgan fingerprint density at radius 3 is 2.32 bits per heavy atom. The Morgan fingerprint density at radius 2 is 1.68 bits per heavy atom. The van der Waals surface area contributed by atoms with Gasteiger partial charge in [0, 0.05) is 19.6 Å². The molecule has 1 heterocycles. The molecule has 132 valence electrons. The number of rotatable bonds is 6. The lowest BCUT2D eigenvalue weighted by Gasteiger charge is -2.25. The standard InChI is InChI=1S/C19H20O6/c1-21-13-6-7-14-16(10-13)25-19(24-4,18(14)20)11-12-5-8-15(22-2)17(9-12)23-3/h5-10H,11H2,1-4H3. The van der Waals surface area contributed by atoms with Crippen molar-refractivity contribution in [3.63, 3.8) is 0 Å². The minimum atomic E-state index is -1.41. The molecule has 25 heavy (non-hydrogen) atoms. The van der Waals surface area contributed by atoms with Crippen LogP contribution in [0.3, 0.4) is 0 Å². The van der Waals surface area contributed by atoms with Crippen LogP contribution in [0.15, 0.2) is 36.4 Å². The number of hydrogen-bond acceptors (Lipinski definition) is 6. The highest BCUT2D eigenvalue weighted by Crippen LogP contribution is 2.40. The van der Waals surface area contributed by atoms with Crippen molar-refractivity contribution in [2.24, 2.45) is 0 Å². The molecular formula is C19H20O6. The number of ketones is 1. The Labute approximate surface area is 146 Å². The molecule has 1 aliphatic heterocycles. The van der Waals surface area contributed by atoms with Crippen molar-refractivity contribution in [2.45, 2.75) is 12.2 Å². The summed E-state index contributed by atoms with van der Waals surface area (Å²) in [5.41, 5.74) is 1.30. The Hall–Kier alpha value is -2.73. The van der Waals surface area contributed by atoms with Gasteiger partial charge < -0.3 is 23.7 Å². The van der Waals surface area contributed by atoms with Gasteiger partial charge >= 0.3 is 0 Å². The van der Waals surface area contributed by atoms with E-state index in [1.54, 1.807) is 51.7 Å². The van der Waals surface area contributed by atoms with Crippen LogP contribution < -0.4 is 18.9 Å². The topological polar surface area (TPSA) is 63.2 Å². The molecule has 1 aliphatic rings. The first-order valence-electron chi connectivity index (χ1n) is 7.75. The van der Waals surface area contributed by atoms with E-state index in [0.29, 0.717) is 28.6 Å². The van der Waals surface area contributed by atoms with Crippen LogP contribution >= 0.6 is 0 Å². The minimum Gasteiger partial charge on any atom is -0.497 e. The molecule has 0 bridgehead atoms. The zero-order valence-electron chi connectivity index (χ0n) is 14.6. The summed E-state index contributed by atoms with van der Waals surface area (Å²) in [7, 11) is 6.16. The van der Waals surface area contributed by atoms with Crippen LogP contribution in [0, 0.1) is 0 Å².